The number of hydrogen-bond donors (Lipinski definition) is 1. The van der Waals surface area contributed by atoms with Crippen molar-refractivity contribution in [2.75, 3.05) is 20.3 Å². The Morgan fingerprint density at radius 1 is 1.11 bits per heavy atom. The van der Waals surface area contributed by atoms with Crippen LogP contribution in [0.2, 0.25) is 10.0 Å². The Bertz CT molecular complexity index is 926. The van der Waals surface area contributed by atoms with Crippen molar-refractivity contribution in [3.8, 4) is 23.0 Å². The SMILES string of the molecule is COc1ccc(OCCNC(=O)c2coc(-c3ccc(Cl)c(Cl)c3)n2)cc1. The minimum Gasteiger partial charge on any atom is -0.497 e. The van der Waals surface area contributed by atoms with Gasteiger partial charge in [-0.05, 0) is 42.5 Å². The quantitative estimate of drug-likeness (QED) is 0.586. The highest BCUT2D eigenvalue weighted by atomic mass is 35.5. The molecule has 0 fully saturated rings. The molecule has 6 nitrogen and oxygen atoms in total. The number of halogens is 2. The lowest BCUT2D eigenvalue weighted by molar-refractivity contribution is 0.0942. The second-order valence-corrected chi connectivity index (χ2v) is 6.26. The van der Waals surface area contributed by atoms with Crippen LogP contribution >= 0.6 is 23.2 Å². The Morgan fingerprint density at radius 2 is 1.85 bits per heavy atom. The van der Waals surface area contributed by atoms with E-state index < -0.39 is 0 Å². The number of hydrogen-bond acceptors (Lipinski definition) is 5. The van der Waals surface area contributed by atoms with E-state index in [9.17, 15) is 4.79 Å². The Kier molecular flexibility index (Phi) is 6.21. The van der Waals surface area contributed by atoms with Gasteiger partial charge in [0.25, 0.3) is 5.91 Å². The summed E-state index contributed by atoms with van der Waals surface area (Å²) in [5.74, 6) is 1.37. The van der Waals surface area contributed by atoms with Gasteiger partial charge in [0.1, 0.15) is 24.4 Å². The zero-order valence-electron chi connectivity index (χ0n) is 14.4. The summed E-state index contributed by atoms with van der Waals surface area (Å²) in [5.41, 5.74) is 0.798. The summed E-state index contributed by atoms with van der Waals surface area (Å²) < 4.78 is 16.0. The van der Waals surface area contributed by atoms with E-state index in [1.54, 1.807) is 49.6 Å². The molecule has 140 valence electrons. The standard InChI is InChI=1S/C19H16Cl2N2O4/c1-25-13-3-5-14(6-4-13)26-9-8-22-18(24)17-11-27-19(23-17)12-2-7-15(20)16(21)10-12/h2-7,10-11H,8-9H2,1H3,(H,22,24). The summed E-state index contributed by atoms with van der Waals surface area (Å²) >= 11 is 11.9. The van der Waals surface area contributed by atoms with E-state index in [0.717, 1.165) is 5.75 Å². The van der Waals surface area contributed by atoms with E-state index in [1.165, 1.54) is 6.26 Å². The van der Waals surface area contributed by atoms with E-state index in [2.05, 4.69) is 10.3 Å². The Hall–Kier alpha value is -2.70. The first-order valence-electron chi connectivity index (χ1n) is 8.03. The van der Waals surface area contributed by atoms with Gasteiger partial charge in [-0.15, -0.1) is 0 Å². The third-order valence-electron chi connectivity index (χ3n) is 3.62. The van der Waals surface area contributed by atoms with E-state index in [-0.39, 0.29) is 17.5 Å². The zero-order chi connectivity index (χ0) is 19.2. The van der Waals surface area contributed by atoms with Crippen LogP contribution in [0, 0.1) is 0 Å². The summed E-state index contributed by atoms with van der Waals surface area (Å²) in [7, 11) is 1.60. The van der Waals surface area contributed by atoms with Crippen LogP contribution in [0.25, 0.3) is 11.5 Å². The van der Waals surface area contributed by atoms with Gasteiger partial charge in [-0.25, -0.2) is 4.98 Å². The third kappa shape index (κ3) is 4.93. The van der Waals surface area contributed by atoms with Crippen molar-refractivity contribution in [3.05, 3.63) is 64.5 Å². The van der Waals surface area contributed by atoms with Crippen LogP contribution in [-0.4, -0.2) is 31.2 Å². The van der Waals surface area contributed by atoms with Crippen LogP contribution in [0.1, 0.15) is 10.5 Å². The molecule has 0 saturated carbocycles. The number of ether oxygens (including phenoxy) is 2. The van der Waals surface area contributed by atoms with Crippen molar-refractivity contribution in [3.63, 3.8) is 0 Å². The summed E-state index contributed by atoms with van der Waals surface area (Å²) in [4.78, 5) is 16.3. The highest BCUT2D eigenvalue weighted by Gasteiger charge is 2.14. The zero-order valence-corrected chi connectivity index (χ0v) is 15.9. The summed E-state index contributed by atoms with van der Waals surface area (Å²) in [6.07, 6.45) is 1.29. The van der Waals surface area contributed by atoms with Crippen molar-refractivity contribution in [2.24, 2.45) is 0 Å². The molecule has 0 atom stereocenters. The summed E-state index contributed by atoms with van der Waals surface area (Å²) in [6, 6.07) is 12.2. The summed E-state index contributed by atoms with van der Waals surface area (Å²) in [6.45, 7) is 0.634. The molecule has 1 heterocycles. The highest BCUT2D eigenvalue weighted by molar-refractivity contribution is 6.42. The van der Waals surface area contributed by atoms with Gasteiger partial charge in [0, 0.05) is 5.56 Å². The Morgan fingerprint density at radius 3 is 2.56 bits per heavy atom. The number of carbonyl (C=O) groups excluding carboxylic acids is 1. The van der Waals surface area contributed by atoms with Crippen molar-refractivity contribution < 1.29 is 18.7 Å². The number of methoxy groups -OCH3 is 1. The molecule has 3 aromatic rings. The molecular formula is C19H16Cl2N2O4. The van der Waals surface area contributed by atoms with Gasteiger partial charge in [0.05, 0.1) is 23.7 Å². The molecule has 1 aromatic heterocycles. The summed E-state index contributed by atoms with van der Waals surface area (Å²) in [5, 5.41) is 3.53. The van der Waals surface area contributed by atoms with Gasteiger partial charge >= 0.3 is 0 Å². The van der Waals surface area contributed by atoms with Gasteiger partial charge in [0.15, 0.2) is 5.69 Å². The van der Waals surface area contributed by atoms with Crippen molar-refractivity contribution in [2.45, 2.75) is 0 Å². The first kappa shape index (κ1) is 19.1. The molecule has 2 aromatic carbocycles. The number of nitrogens with zero attached hydrogens (tertiary/aromatic N) is 1. The van der Waals surface area contributed by atoms with Gasteiger partial charge < -0.3 is 19.2 Å². The smallest absolute Gasteiger partial charge is 0.273 e. The largest absolute Gasteiger partial charge is 0.497 e. The molecule has 1 N–H and O–H groups in total. The number of nitrogens with one attached hydrogen (secondary N) is 1. The molecule has 0 saturated heterocycles. The average molecular weight is 407 g/mol. The van der Waals surface area contributed by atoms with Gasteiger partial charge in [0.2, 0.25) is 5.89 Å². The predicted octanol–water partition coefficient (Wildman–Crippen LogP) is 4.47. The lowest BCUT2D eigenvalue weighted by Gasteiger charge is -2.07. The van der Waals surface area contributed by atoms with Gasteiger partial charge in [-0.3, -0.25) is 4.79 Å². The molecule has 8 heteroatoms. The number of aromatic nitrogens is 1. The van der Waals surface area contributed by atoms with Crippen LogP contribution in [0.3, 0.4) is 0 Å². The molecular weight excluding hydrogens is 391 g/mol. The molecule has 0 aliphatic rings. The molecule has 0 unspecified atom stereocenters. The Balaban J connectivity index is 1.51. The molecule has 3 rings (SSSR count). The van der Waals surface area contributed by atoms with Gasteiger partial charge in [-0.1, -0.05) is 23.2 Å². The minimum atomic E-state index is -0.358. The maximum atomic E-state index is 12.2. The first-order chi connectivity index (χ1) is 13.1. The number of rotatable bonds is 7. The first-order valence-corrected chi connectivity index (χ1v) is 8.78. The van der Waals surface area contributed by atoms with Crippen LogP contribution in [0.5, 0.6) is 11.5 Å². The van der Waals surface area contributed by atoms with Crippen molar-refractivity contribution in [1.29, 1.82) is 0 Å². The lowest BCUT2D eigenvalue weighted by atomic mass is 10.2. The van der Waals surface area contributed by atoms with Gasteiger partial charge in [-0.2, -0.15) is 0 Å². The number of amides is 1. The fourth-order valence-electron chi connectivity index (χ4n) is 2.24. The van der Waals surface area contributed by atoms with E-state index in [0.29, 0.717) is 34.5 Å². The molecule has 1 amide bonds. The second-order valence-electron chi connectivity index (χ2n) is 5.45. The molecule has 0 aliphatic carbocycles. The minimum absolute atomic E-state index is 0.167. The highest BCUT2D eigenvalue weighted by Crippen LogP contribution is 2.28. The predicted molar refractivity (Wildman–Crippen MR) is 103 cm³/mol. The fourth-order valence-corrected chi connectivity index (χ4v) is 2.53. The molecule has 0 bridgehead atoms. The van der Waals surface area contributed by atoms with E-state index in [1.807, 2.05) is 0 Å². The average Bonchev–Trinajstić information content (AvgIpc) is 3.18. The lowest BCUT2D eigenvalue weighted by Crippen LogP contribution is -2.28. The van der Waals surface area contributed by atoms with Crippen LogP contribution in [-0.2, 0) is 0 Å². The normalized spacial score (nSPS) is 10.5. The molecule has 0 aliphatic heterocycles. The molecule has 0 spiro atoms. The number of carbonyl (C=O) groups is 1. The second kappa shape index (κ2) is 8.79. The Labute approximate surface area is 166 Å². The third-order valence-corrected chi connectivity index (χ3v) is 4.36. The number of oxazole rings is 1. The van der Waals surface area contributed by atoms with Crippen molar-refractivity contribution >= 4 is 29.1 Å². The maximum Gasteiger partial charge on any atom is 0.273 e. The monoisotopic (exact) mass is 406 g/mol. The maximum absolute atomic E-state index is 12.2. The van der Waals surface area contributed by atoms with Crippen LogP contribution in [0.15, 0.2) is 53.1 Å². The molecule has 27 heavy (non-hydrogen) atoms. The van der Waals surface area contributed by atoms with Crippen molar-refractivity contribution in [1.82, 2.24) is 10.3 Å². The topological polar surface area (TPSA) is 73.6 Å². The fraction of sp³-hybridized carbons (Fsp3) is 0.158. The van der Waals surface area contributed by atoms with E-state index >= 15 is 0 Å². The number of benzene rings is 2. The molecule has 0 radical (unpaired) electrons. The van der Waals surface area contributed by atoms with Crippen LogP contribution in [0.4, 0.5) is 0 Å². The van der Waals surface area contributed by atoms with Crippen LogP contribution < -0.4 is 14.8 Å². The van der Waals surface area contributed by atoms with E-state index in [4.69, 9.17) is 37.1 Å².